The molecule has 568 valence electrons. The second kappa shape index (κ2) is 34.2. The van der Waals surface area contributed by atoms with Crippen LogP contribution in [-0.2, 0) is 74.9 Å². The summed E-state index contributed by atoms with van der Waals surface area (Å²) >= 11 is 6.16. The Balaban J connectivity index is 1.17. The van der Waals surface area contributed by atoms with Gasteiger partial charge in [-0.2, -0.15) is 13.2 Å². The van der Waals surface area contributed by atoms with Crippen LogP contribution in [0.4, 0.5) is 13.2 Å². The van der Waals surface area contributed by atoms with Gasteiger partial charge in [0.25, 0.3) is 0 Å². The van der Waals surface area contributed by atoms with E-state index in [-0.39, 0.29) is 102 Å². The number of morpholine rings is 1. The number of likely N-dealkylation sites (N-methyl/N-ethyl adjacent to an activating group) is 6. The monoisotopic (exact) mass is 1450 g/mol. The lowest BCUT2D eigenvalue weighted by atomic mass is 9.84. The first kappa shape index (κ1) is 80.6. The van der Waals surface area contributed by atoms with Crippen molar-refractivity contribution in [3.8, 4) is 0 Å². The standard InChI is InChI=1S/C73H110ClF3N12O13/c1-14-44(6)60-69(99)82(9)45(7)64(94)88-34-30-54(88)67(97)84(11)56(37-46-21-16-15-17-22-46)66(96)81(8)39-58(90)78-52(29-25-47-24-28-50(51(74)36-47)73(75,76)77)65(95)87-33-20-23-53(87)63(93)80-72(31-18-19-32-72)71(101)86(13)61(43(4)5)70(100)85(12)57(68(98)89-48-26-27-49(89)41-102-40-48)38-59(91)83(10)55(35-42(2)3)62(92)79-60/h24,28,36,42-46,48-49,52-57,60-61H,14-23,25-27,29-35,37-41H2,1-13H3,(H,78,90)(H,79,92)(H,80,93)/t44-,45-,48?,49?,52-,53-,54-,55-,56-,57-,60-,61?/m0/s1. The van der Waals surface area contributed by atoms with E-state index in [1.54, 1.807) is 25.7 Å². The molecule has 2 aliphatic carbocycles. The third kappa shape index (κ3) is 18.0. The third-order valence-electron chi connectivity index (χ3n) is 23.0. The number of aryl methyl sites for hydroxylation is 1. The summed E-state index contributed by atoms with van der Waals surface area (Å²) in [7, 11) is 8.60. The number of carbonyl (C=O) groups is 12. The Hall–Kier alpha value is -7.10. The van der Waals surface area contributed by atoms with E-state index in [9.17, 15) is 37.1 Å². The number of ether oxygens (including phenoxy) is 1. The smallest absolute Gasteiger partial charge is 0.377 e. The van der Waals surface area contributed by atoms with Gasteiger partial charge in [0, 0.05) is 55.4 Å². The first-order valence-electron chi connectivity index (χ1n) is 36.9. The number of benzene rings is 1. The minimum absolute atomic E-state index is 0.0195. The van der Waals surface area contributed by atoms with Gasteiger partial charge >= 0.3 is 6.18 Å². The molecule has 25 nitrogen and oxygen atoms in total. The van der Waals surface area contributed by atoms with Crippen molar-refractivity contribution in [2.24, 2.45) is 23.7 Å². The van der Waals surface area contributed by atoms with Crippen LogP contribution in [0.2, 0.25) is 5.02 Å². The largest absolute Gasteiger partial charge is 0.417 e. The van der Waals surface area contributed by atoms with Crippen molar-refractivity contribution in [3.05, 3.63) is 34.3 Å². The zero-order valence-electron chi connectivity index (χ0n) is 61.9. The summed E-state index contributed by atoms with van der Waals surface area (Å²) in [6.07, 6.45) is 2.65. The van der Waals surface area contributed by atoms with Crippen molar-refractivity contribution in [2.75, 3.05) is 75.1 Å². The number of nitrogens with one attached hydrogen (secondary N) is 3. The Morgan fingerprint density at radius 2 is 1.30 bits per heavy atom. The van der Waals surface area contributed by atoms with Crippen LogP contribution >= 0.6 is 11.6 Å². The molecule has 5 saturated heterocycles. The number of carbonyl (C=O) groups excluding carboxylic acids is 12. The summed E-state index contributed by atoms with van der Waals surface area (Å²) in [6.45, 7) is 12.3. The SMILES string of the molecule is CC[C@H](C)[C@@H]1NC(=O)[C@H](CC(C)C)N(C)C(=O)C[C@@H](C(=O)N2C3CCC2COC3)N(C)C(=O)C(C(C)C)N(C)C(=O)C2(CCCC2)NC(=O)[C@@H]2CCCN2C(=O)[C@H](CCc2ccc(C(F)(F)F)c(Cl)c2)NC(=O)CN(C)C(=O)[C@H](CC2CCCCC2)N(C)C(=O)[C@@H]2CCN2C(=O)[C@H](C)N(C)C1=O. The maximum atomic E-state index is 15.6. The summed E-state index contributed by atoms with van der Waals surface area (Å²) in [4.78, 5) is 193. The molecule has 8 rings (SSSR count). The summed E-state index contributed by atoms with van der Waals surface area (Å²) < 4.78 is 47.5. The Morgan fingerprint density at radius 1 is 0.667 bits per heavy atom. The number of nitrogens with zero attached hydrogens (tertiary/aromatic N) is 9. The third-order valence-corrected chi connectivity index (χ3v) is 23.3. The number of halogens is 4. The number of fused-ring (bicyclic) bond motifs is 4. The topological polar surface area (TPSA) is 279 Å². The number of rotatable bonds is 11. The summed E-state index contributed by atoms with van der Waals surface area (Å²) in [5.74, 6) is -9.03. The fourth-order valence-electron chi connectivity index (χ4n) is 16.3. The van der Waals surface area contributed by atoms with Crippen LogP contribution < -0.4 is 16.0 Å². The van der Waals surface area contributed by atoms with E-state index in [1.807, 2.05) is 20.8 Å². The van der Waals surface area contributed by atoms with Crippen molar-refractivity contribution in [1.82, 2.24) is 60.0 Å². The molecule has 29 heteroatoms. The normalized spacial score (nSPS) is 29.4. The molecule has 7 aliphatic rings. The van der Waals surface area contributed by atoms with Crippen LogP contribution in [0, 0.1) is 23.7 Å². The van der Waals surface area contributed by atoms with E-state index in [0.29, 0.717) is 44.1 Å². The van der Waals surface area contributed by atoms with Crippen LogP contribution in [0.3, 0.4) is 0 Å². The van der Waals surface area contributed by atoms with Crippen LogP contribution in [0.15, 0.2) is 18.2 Å². The van der Waals surface area contributed by atoms with Crippen LogP contribution in [0.1, 0.15) is 182 Å². The van der Waals surface area contributed by atoms with Gasteiger partial charge in [-0.25, -0.2) is 0 Å². The number of alkyl halides is 3. The second-order valence-electron chi connectivity index (χ2n) is 30.8. The zero-order chi connectivity index (χ0) is 75.1. The summed E-state index contributed by atoms with van der Waals surface area (Å²) in [5.41, 5.74) is -2.37. The number of hydrogen-bond donors (Lipinski definition) is 3. The minimum Gasteiger partial charge on any atom is -0.377 e. The van der Waals surface area contributed by atoms with Gasteiger partial charge in [-0.05, 0) is 119 Å². The Labute approximate surface area is 603 Å². The lowest BCUT2D eigenvalue weighted by Crippen LogP contribution is -2.65. The van der Waals surface area contributed by atoms with E-state index in [1.165, 1.54) is 89.6 Å². The van der Waals surface area contributed by atoms with Gasteiger partial charge in [-0.1, -0.05) is 111 Å². The number of hydrogen-bond acceptors (Lipinski definition) is 13. The highest BCUT2D eigenvalue weighted by atomic mass is 35.5. The molecule has 102 heavy (non-hydrogen) atoms. The highest BCUT2D eigenvalue weighted by Gasteiger charge is 2.53. The average molecular weight is 1460 g/mol. The van der Waals surface area contributed by atoms with Gasteiger partial charge in [0.05, 0.1) is 48.8 Å². The van der Waals surface area contributed by atoms with Crippen molar-refractivity contribution in [2.45, 2.75) is 255 Å². The average Bonchev–Trinajstić information content (AvgIpc) is 0.885. The summed E-state index contributed by atoms with van der Waals surface area (Å²) in [5, 5.41) is 8.17. The summed E-state index contributed by atoms with van der Waals surface area (Å²) in [6, 6.07) is -8.68. The maximum absolute atomic E-state index is 15.6. The molecule has 0 aromatic heterocycles. The molecule has 5 aliphatic heterocycles. The predicted octanol–water partition coefficient (Wildman–Crippen LogP) is 5.41. The van der Waals surface area contributed by atoms with Crippen molar-refractivity contribution in [3.63, 3.8) is 0 Å². The van der Waals surface area contributed by atoms with Crippen molar-refractivity contribution >= 4 is 82.5 Å². The van der Waals surface area contributed by atoms with E-state index in [0.717, 1.165) is 49.1 Å². The van der Waals surface area contributed by atoms with Gasteiger partial charge in [0.1, 0.15) is 59.9 Å². The lowest BCUT2D eigenvalue weighted by Gasteiger charge is -2.45. The molecule has 1 spiro atoms. The maximum Gasteiger partial charge on any atom is 0.417 e. The highest BCUT2D eigenvalue weighted by Crippen LogP contribution is 2.38. The molecule has 3 unspecified atom stereocenters. The second-order valence-corrected chi connectivity index (χ2v) is 31.2. The van der Waals surface area contributed by atoms with Crippen LogP contribution in [-0.4, -0.2) is 262 Å². The molecule has 12 amide bonds. The molecule has 1 aromatic carbocycles. The number of amides is 12. The highest BCUT2D eigenvalue weighted by molar-refractivity contribution is 6.31. The van der Waals surface area contributed by atoms with Crippen molar-refractivity contribution < 1.29 is 75.4 Å². The Bertz CT molecular complexity index is 3260. The van der Waals surface area contributed by atoms with E-state index >= 15 is 33.6 Å². The van der Waals surface area contributed by atoms with Gasteiger partial charge in [-0.3, -0.25) is 57.5 Å². The van der Waals surface area contributed by atoms with Crippen LogP contribution in [0.25, 0.3) is 0 Å². The Kier molecular flexibility index (Phi) is 27.0. The molecule has 0 radical (unpaired) electrons. The molecular weight excluding hydrogens is 1350 g/mol. The molecule has 2 saturated carbocycles. The molecule has 5 heterocycles. The van der Waals surface area contributed by atoms with Crippen LogP contribution in [0.5, 0.6) is 0 Å². The molecule has 3 N–H and O–H groups in total. The van der Waals surface area contributed by atoms with Gasteiger partial charge in [-0.15, -0.1) is 0 Å². The fourth-order valence-corrected chi connectivity index (χ4v) is 16.7. The molecule has 7 fully saturated rings. The van der Waals surface area contributed by atoms with Gasteiger partial charge in [0.2, 0.25) is 70.9 Å². The molecule has 12 atom stereocenters. The van der Waals surface area contributed by atoms with Crippen molar-refractivity contribution in [1.29, 1.82) is 0 Å². The predicted molar refractivity (Wildman–Crippen MR) is 373 cm³/mol. The quantitative estimate of drug-likeness (QED) is 0.250. The Morgan fingerprint density at radius 3 is 1.88 bits per heavy atom. The molecule has 2 bridgehead atoms. The molecular formula is C73H110ClF3N12O13. The van der Waals surface area contributed by atoms with E-state index < -0.39 is 172 Å². The van der Waals surface area contributed by atoms with Gasteiger partial charge in [0.15, 0.2) is 0 Å². The van der Waals surface area contributed by atoms with E-state index in [2.05, 4.69) is 16.0 Å². The lowest BCUT2D eigenvalue weighted by molar-refractivity contribution is -0.160. The first-order chi connectivity index (χ1) is 48.0. The fraction of sp³-hybridized carbons (Fsp3) is 0.753. The van der Waals surface area contributed by atoms with Gasteiger partial charge < -0.3 is 64.8 Å². The molecule has 1 aromatic rings. The first-order valence-corrected chi connectivity index (χ1v) is 37.3. The zero-order valence-corrected chi connectivity index (χ0v) is 62.7. The minimum atomic E-state index is -4.76. The van der Waals surface area contributed by atoms with E-state index in [4.69, 9.17) is 16.3 Å².